The van der Waals surface area contributed by atoms with Crippen LogP contribution in [-0.4, -0.2) is 52.1 Å². The van der Waals surface area contributed by atoms with Gasteiger partial charge in [-0.15, -0.1) is 11.3 Å². The molecule has 2 saturated heterocycles. The van der Waals surface area contributed by atoms with Crippen LogP contribution >= 0.6 is 24.0 Å². The quantitative estimate of drug-likeness (QED) is 0.757. The monoisotopic (exact) mass is 416 g/mol. The molecule has 27 heavy (non-hydrogen) atoms. The molecule has 0 saturated carbocycles. The second kappa shape index (κ2) is 6.77. The van der Waals surface area contributed by atoms with E-state index in [4.69, 9.17) is 12.6 Å². The van der Waals surface area contributed by atoms with Crippen LogP contribution in [0, 0.1) is 11.8 Å². The van der Waals surface area contributed by atoms with Gasteiger partial charge in [0, 0.05) is 30.4 Å². The van der Waals surface area contributed by atoms with Crippen LogP contribution in [0.1, 0.15) is 25.1 Å². The molecule has 2 fully saturated rings. The molecule has 0 radical (unpaired) electrons. The zero-order valence-corrected chi connectivity index (χ0v) is 17.0. The third-order valence-electron chi connectivity index (χ3n) is 5.43. The number of hydrogen-bond donors (Lipinski definition) is 1. The Kier molecular flexibility index (Phi) is 4.83. The highest BCUT2D eigenvalue weighted by atomic mass is 32.1. The van der Waals surface area contributed by atoms with Gasteiger partial charge < -0.3 is 4.90 Å². The maximum absolute atomic E-state index is 12.8. The number of hydrogen-bond acceptors (Lipinski definition) is 6. The lowest BCUT2D eigenvalue weighted by atomic mass is 10.0. The second-order valence-corrected chi connectivity index (χ2v) is 9.89. The fourth-order valence-electron chi connectivity index (χ4n) is 4.35. The summed E-state index contributed by atoms with van der Waals surface area (Å²) in [5, 5.41) is 0.717. The van der Waals surface area contributed by atoms with E-state index >= 15 is 0 Å². The maximum atomic E-state index is 12.8. The number of halogens is 3. The molecular weight excluding hydrogens is 393 g/mol. The van der Waals surface area contributed by atoms with E-state index in [0.717, 1.165) is 49.8 Å². The van der Waals surface area contributed by atoms with Gasteiger partial charge in [0.1, 0.15) is 17.0 Å². The van der Waals surface area contributed by atoms with Crippen molar-refractivity contribution in [2.75, 3.05) is 31.1 Å². The van der Waals surface area contributed by atoms with E-state index in [1.807, 2.05) is 0 Å². The number of fused-ring (bicyclic) bond motifs is 2. The Bertz CT molecular complexity index is 838. The van der Waals surface area contributed by atoms with E-state index in [0.29, 0.717) is 22.1 Å². The lowest BCUT2D eigenvalue weighted by molar-refractivity contribution is -0.126. The molecule has 0 bridgehead atoms. The van der Waals surface area contributed by atoms with Crippen molar-refractivity contribution in [1.82, 2.24) is 14.9 Å². The van der Waals surface area contributed by atoms with Gasteiger partial charge in [0.25, 0.3) is 0 Å². The number of likely N-dealkylation sites (tertiary alicyclic amines) is 1. The molecule has 148 valence electrons. The largest absolute Gasteiger partial charge is 0.393 e. The molecule has 4 rings (SSSR count). The highest BCUT2D eigenvalue weighted by molar-refractivity contribution is 7.81. The van der Waals surface area contributed by atoms with E-state index in [2.05, 4.69) is 33.6 Å². The first kappa shape index (κ1) is 19.3. The minimum absolute atomic E-state index is 0.202. The van der Waals surface area contributed by atoms with E-state index in [9.17, 15) is 13.2 Å². The molecule has 0 spiro atoms. The fraction of sp³-hybridized carbons (Fsp3) is 0.667. The molecule has 2 aliphatic rings. The predicted octanol–water partition coefficient (Wildman–Crippen LogP) is 4.22. The van der Waals surface area contributed by atoms with Crippen LogP contribution in [0.5, 0.6) is 0 Å². The van der Waals surface area contributed by atoms with Gasteiger partial charge in [-0.1, -0.05) is 13.8 Å². The summed E-state index contributed by atoms with van der Waals surface area (Å²) in [5.74, 6) is 1.73. The van der Waals surface area contributed by atoms with Gasteiger partial charge in [-0.3, -0.25) is 4.90 Å². The standard InChI is InChI=1S/C18H23F3N4S2/c1-11(2)7-25-4-3-12-8-24(9-17(12,25)26)15-14-5-13(6-18(19,20)21)27-16(14)23-10-22-15/h5,10-12,26H,3-4,6-9H2,1-2H3/t12-,17-/m0/s1. The number of thiol groups is 1. The van der Waals surface area contributed by atoms with E-state index in [1.165, 1.54) is 6.33 Å². The van der Waals surface area contributed by atoms with Crippen LogP contribution in [0.2, 0.25) is 0 Å². The summed E-state index contributed by atoms with van der Waals surface area (Å²) in [5.41, 5.74) is 0. The van der Waals surface area contributed by atoms with Crippen molar-refractivity contribution in [3.05, 3.63) is 17.3 Å². The molecule has 2 aromatic rings. The minimum Gasteiger partial charge on any atom is -0.353 e. The summed E-state index contributed by atoms with van der Waals surface area (Å²) in [7, 11) is 0. The number of anilines is 1. The maximum Gasteiger partial charge on any atom is 0.393 e. The molecule has 0 aliphatic carbocycles. The van der Waals surface area contributed by atoms with Gasteiger partial charge in [0.05, 0.1) is 16.7 Å². The van der Waals surface area contributed by atoms with Gasteiger partial charge in [-0.05, 0) is 24.9 Å². The van der Waals surface area contributed by atoms with Gasteiger partial charge >= 0.3 is 6.18 Å². The smallest absolute Gasteiger partial charge is 0.353 e. The first-order chi connectivity index (χ1) is 12.7. The summed E-state index contributed by atoms with van der Waals surface area (Å²) in [6.07, 6.45) is -2.60. The van der Waals surface area contributed by atoms with Crippen LogP contribution in [0.3, 0.4) is 0 Å². The predicted molar refractivity (Wildman–Crippen MR) is 106 cm³/mol. The Hall–Kier alpha value is -1.06. The Morgan fingerprint density at radius 2 is 2.15 bits per heavy atom. The number of alkyl halides is 3. The van der Waals surface area contributed by atoms with Gasteiger partial charge in [-0.2, -0.15) is 25.8 Å². The third-order valence-corrected chi connectivity index (χ3v) is 7.26. The van der Waals surface area contributed by atoms with E-state index in [-0.39, 0.29) is 9.75 Å². The lowest BCUT2D eigenvalue weighted by Gasteiger charge is -2.35. The average Bonchev–Trinajstić information content (AvgIpc) is 3.17. The summed E-state index contributed by atoms with van der Waals surface area (Å²) in [4.78, 5) is 13.9. The first-order valence-electron chi connectivity index (χ1n) is 9.18. The number of thiophene rings is 1. The summed E-state index contributed by atoms with van der Waals surface area (Å²) >= 11 is 6.17. The molecule has 4 nitrogen and oxygen atoms in total. The molecule has 9 heteroatoms. The van der Waals surface area contributed by atoms with Crippen LogP contribution in [0.25, 0.3) is 10.2 Å². The number of nitrogens with zero attached hydrogens (tertiary/aromatic N) is 4. The Morgan fingerprint density at radius 3 is 2.85 bits per heavy atom. The number of aromatic nitrogens is 2. The van der Waals surface area contributed by atoms with Crippen molar-refractivity contribution >= 4 is 40.0 Å². The molecule has 4 heterocycles. The van der Waals surface area contributed by atoms with Crippen LogP contribution in [0.4, 0.5) is 19.0 Å². The summed E-state index contributed by atoms with van der Waals surface area (Å²) < 4.78 is 38.3. The van der Waals surface area contributed by atoms with Gasteiger partial charge in [0.2, 0.25) is 0 Å². The molecule has 0 unspecified atom stereocenters. The van der Waals surface area contributed by atoms with Gasteiger partial charge in [0.15, 0.2) is 0 Å². The van der Waals surface area contributed by atoms with Crippen LogP contribution in [0.15, 0.2) is 12.4 Å². The first-order valence-corrected chi connectivity index (χ1v) is 10.4. The van der Waals surface area contributed by atoms with Crippen molar-refractivity contribution in [3.8, 4) is 0 Å². The normalized spacial score (nSPS) is 26.5. The van der Waals surface area contributed by atoms with Crippen LogP contribution < -0.4 is 4.90 Å². The van der Waals surface area contributed by atoms with Crippen molar-refractivity contribution in [2.45, 2.75) is 37.7 Å². The minimum atomic E-state index is -4.22. The van der Waals surface area contributed by atoms with Crippen LogP contribution in [-0.2, 0) is 6.42 Å². The molecular formula is C18H23F3N4S2. The highest BCUT2D eigenvalue weighted by Gasteiger charge is 2.52. The van der Waals surface area contributed by atoms with Crippen molar-refractivity contribution in [2.24, 2.45) is 11.8 Å². The summed E-state index contributed by atoms with van der Waals surface area (Å²) in [6, 6.07) is 1.61. The van der Waals surface area contributed by atoms with Crippen molar-refractivity contribution < 1.29 is 13.2 Å². The zero-order valence-electron chi connectivity index (χ0n) is 15.3. The zero-order chi connectivity index (χ0) is 19.4. The van der Waals surface area contributed by atoms with Gasteiger partial charge in [-0.25, -0.2) is 9.97 Å². The average molecular weight is 417 g/mol. The molecule has 0 amide bonds. The topological polar surface area (TPSA) is 32.3 Å². The van der Waals surface area contributed by atoms with E-state index < -0.39 is 12.6 Å². The lowest BCUT2D eigenvalue weighted by Crippen LogP contribution is -2.46. The molecule has 0 aromatic carbocycles. The fourth-order valence-corrected chi connectivity index (χ4v) is 5.94. The molecule has 2 aliphatic heterocycles. The third kappa shape index (κ3) is 3.65. The summed E-state index contributed by atoms with van der Waals surface area (Å²) in [6.45, 7) is 8.02. The SMILES string of the molecule is CC(C)CN1CC[C@H]2CN(c3ncnc4sc(CC(F)(F)F)cc34)C[C@]21S. The highest BCUT2D eigenvalue weighted by Crippen LogP contribution is 2.46. The molecule has 2 atom stereocenters. The van der Waals surface area contributed by atoms with E-state index in [1.54, 1.807) is 6.07 Å². The van der Waals surface area contributed by atoms with Crippen molar-refractivity contribution in [3.63, 3.8) is 0 Å². The van der Waals surface area contributed by atoms with Crippen molar-refractivity contribution in [1.29, 1.82) is 0 Å². The number of rotatable bonds is 4. The molecule has 2 aromatic heterocycles. The second-order valence-electron chi connectivity index (χ2n) is 8.01. The Labute approximate surface area is 166 Å². The Morgan fingerprint density at radius 1 is 1.37 bits per heavy atom. The molecule has 0 N–H and O–H groups in total. The Balaban J connectivity index is 1.62.